The average Bonchev–Trinajstić information content (AvgIpc) is 3.18. The van der Waals surface area contributed by atoms with Crippen LogP contribution in [0.2, 0.25) is 0 Å². The maximum Gasteiger partial charge on any atom is 0.192 e. The Hall–Kier alpha value is -0.960. The number of benzene rings is 3. The first-order chi connectivity index (χ1) is 24.8. The van der Waals surface area contributed by atoms with Gasteiger partial charge >= 0.3 is 0 Å². The SMILES string of the molecule is CC[N+](CC)(CCSc1nc(SCC[N+](CC)(CC)Cc2ccccc2)nc(SCC[N+](CC)(CC)Cc2ccccc2)n1)Cc1ccccc1.[Br-].[Br-].[Br-]. The molecule has 0 unspecified atom stereocenters. The largest absolute Gasteiger partial charge is 1.00 e. The van der Waals surface area contributed by atoms with Crippen LogP contribution < -0.4 is 50.9 Å². The van der Waals surface area contributed by atoms with Gasteiger partial charge in [-0.1, -0.05) is 126 Å². The van der Waals surface area contributed by atoms with E-state index < -0.39 is 0 Å². The first kappa shape index (κ1) is 51.1. The van der Waals surface area contributed by atoms with Crippen LogP contribution in [0.3, 0.4) is 0 Å². The summed E-state index contributed by atoms with van der Waals surface area (Å²) in [6.07, 6.45) is 0. The Labute approximate surface area is 372 Å². The number of thioether (sulfide) groups is 3. The van der Waals surface area contributed by atoms with Crippen molar-refractivity contribution in [3.8, 4) is 0 Å². The van der Waals surface area contributed by atoms with Gasteiger partial charge in [-0.25, -0.2) is 0 Å². The van der Waals surface area contributed by atoms with Gasteiger partial charge in [0, 0.05) is 16.7 Å². The van der Waals surface area contributed by atoms with Crippen LogP contribution in [0, 0.1) is 0 Å². The topological polar surface area (TPSA) is 38.7 Å². The van der Waals surface area contributed by atoms with Crippen molar-refractivity contribution in [3.05, 3.63) is 108 Å². The lowest BCUT2D eigenvalue weighted by molar-refractivity contribution is -0.935. The standard InChI is InChI=1S/C42H63N6S3.3BrH/c1-7-46(8-2,34-37-22-16-13-17-23-37)28-31-49-40-43-41(50-32-29-47(9-3,10-4)35-38-24-18-14-19-25-38)45-42(44-40)51-33-30-48(11-5,12-6)36-39-26-20-15-21-27-39;;;/h13-27H,7-12,28-36H2,1-6H3;3*1H/q+3;;;/p-3. The summed E-state index contributed by atoms with van der Waals surface area (Å²) >= 11 is 5.41. The summed E-state index contributed by atoms with van der Waals surface area (Å²) in [6, 6.07) is 32.8. The normalized spacial score (nSPS) is 11.7. The summed E-state index contributed by atoms with van der Waals surface area (Å²) in [5.74, 6) is 2.95. The van der Waals surface area contributed by atoms with E-state index in [2.05, 4.69) is 133 Å². The lowest BCUT2D eigenvalue weighted by Gasteiger charge is -2.37. The molecule has 0 aliphatic heterocycles. The first-order valence-electron chi connectivity index (χ1n) is 19.2. The number of halogens is 3. The molecule has 1 aromatic heterocycles. The van der Waals surface area contributed by atoms with E-state index in [4.69, 9.17) is 15.0 Å². The molecule has 12 heteroatoms. The second-order valence-corrected chi connectivity index (χ2v) is 16.9. The number of quaternary nitrogens is 3. The van der Waals surface area contributed by atoms with Gasteiger partial charge in [0.05, 0.1) is 76.2 Å². The highest BCUT2D eigenvalue weighted by atomic mass is 79.9. The molecular formula is C42H63Br3N6S3. The smallest absolute Gasteiger partial charge is 0.192 e. The van der Waals surface area contributed by atoms with Gasteiger partial charge in [-0.15, -0.1) is 0 Å². The van der Waals surface area contributed by atoms with Crippen molar-refractivity contribution in [1.29, 1.82) is 0 Å². The third kappa shape index (κ3) is 16.1. The second-order valence-electron chi connectivity index (χ2n) is 13.8. The molecule has 4 aromatic rings. The van der Waals surface area contributed by atoms with E-state index >= 15 is 0 Å². The van der Waals surface area contributed by atoms with Crippen molar-refractivity contribution in [2.75, 3.05) is 76.2 Å². The highest BCUT2D eigenvalue weighted by molar-refractivity contribution is 8.00. The van der Waals surface area contributed by atoms with Crippen LogP contribution in [0.1, 0.15) is 58.2 Å². The first-order valence-corrected chi connectivity index (χ1v) is 22.1. The highest BCUT2D eigenvalue weighted by Gasteiger charge is 2.27. The number of hydrogen-bond acceptors (Lipinski definition) is 6. The molecule has 4 rings (SSSR count). The van der Waals surface area contributed by atoms with Gasteiger partial charge < -0.3 is 64.4 Å². The van der Waals surface area contributed by atoms with E-state index in [0.717, 1.165) is 125 Å². The zero-order valence-corrected chi connectivity index (χ0v) is 40.5. The van der Waals surface area contributed by atoms with Gasteiger partial charge in [0.1, 0.15) is 19.6 Å². The quantitative estimate of drug-likeness (QED) is 0.0747. The van der Waals surface area contributed by atoms with Crippen LogP contribution in [0.5, 0.6) is 0 Å². The zero-order valence-electron chi connectivity index (χ0n) is 33.3. The van der Waals surface area contributed by atoms with Crippen molar-refractivity contribution >= 4 is 35.3 Å². The summed E-state index contributed by atoms with van der Waals surface area (Å²) in [5.41, 5.74) is 4.22. The Bertz CT molecular complexity index is 1350. The third-order valence-electron chi connectivity index (χ3n) is 11.1. The summed E-state index contributed by atoms with van der Waals surface area (Å²) in [7, 11) is 0. The van der Waals surface area contributed by atoms with Crippen LogP contribution in [0.4, 0.5) is 0 Å². The average molecular weight is 988 g/mol. The Morgan fingerprint density at radius 2 is 0.593 bits per heavy atom. The molecule has 3 aromatic carbocycles. The van der Waals surface area contributed by atoms with E-state index in [9.17, 15) is 0 Å². The lowest BCUT2D eigenvalue weighted by atomic mass is 10.2. The van der Waals surface area contributed by atoms with E-state index in [-0.39, 0.29) is 50.9 Å². The van der Waals surface area contributed by atoms with E-state index in [1.807, 2.05) is 0 Å². The minimum atomic E-state index is 0. The summed E-state index contributed by atoms with van der Waals surface area (Å²) in [6.45, 7) is 27.1. The van der Waals surface area contributed by atoms with E-state index in [1.54, 1.807) is 35.3 Å². The number of aromatic nitrogens is 3. The fourth-order valence-corrected chi connectivity index (χ4v) is 10.0. The molecule has 0 spiro atoms. The van der Waals surface area contributed by atoms with Crippen molar-refractivity contribution in [2.45, 2.75) is 76.6 Å². The zero-order chi connectivity index (χ0) is 36.4. The summed E-state index contributed by atoms with van der Waals surface area (Å²) < 4.78 is 3.20. The number of rotatable bonds is 24. The van der Waals surface area contributed by atoms with Crippen LogP contribution in [-0.4, -0.2) is 105 Å². The minimum absolute atomic E-state index is 0. The third-order valence-corrected chi connectivity index (χ3v) is 13.6. The van der Waals surface area contributed by atoms with Crippen molar-refractivity contribution in [3.63, 3.8) is 0 Å². The van der Waals surface area contributed by atoms with Gasteiger partial charge in [-0.3, -0.25) is 0 Å². The number of hydrogen-bond donors (Lipinski definition) is 0. The molecular weight excluding hydrogens is 924 g/mol. The molecule has 0 fully saturated rings. The van der Waals surface area contributed by atoms with Crippen molar-refractivity contribution in [2.24, 2.45) is 0 Å². The van der Waals surface area contributed by atoms with Gasteiger partial charge in [0.2, 0.25) is 0 Å². The molecule has 0 aliphatic rings. The molecule has 300 valence electrons. The molecule has 0 saturated heterocycles. The van der Waals surface area contributed by atoms with E-state index in [0.29, 0.717) is 0 Å². The Morgan fingerprint density at radius 1 is 0.370 bits per heavy atom. The molecule has 0 amide bonds. The lowest BCUT2D eigenvalue weighted by Crippen LogP contribution is -3.00. The summed E-state index contributed by atoms with van der Waals surface area (Å²) in [5, 5.41) is 2.60. The van der Waals surface area contributed by atoms with Gasteiger partial charge in [0.15, 0.2) is 15.5 Å². The molecule has 6 nitrogen and oxygen atoms in total. The maximum absolute atomic E-state index is 5.06. The van der Waals surface area contributed by atoms with E-state index in [1.165, 1.54) is 16.7 Å². The van der Waals surface area contributed by atoms with Gasteiger partial charge in [0.25, 0.3) is 0 Å². The van der Waals surface area contributed by atoms with Gasteiger partial charge in [-0.2, -0.15) is 15.0 Å². The molecule has 1 heterocycles. The van der Waals surface area contributed by atoms with Crippen LogP contribution >= 0.6 is 35.3 Å². The Balaban J connectivity index is 0.00000486. The molecule has 0 bridgehead atoms. The molecule has 54 heavy (non-hydrogen) atoms. The molecule has 0 atom stereocenters. The predicted molar refractivity (Wildman–Crippen MR) is 221 cm³/mol. The molecule has 0 saturated carbocycles. The monoisotopic (exact) mass is 984 g/mol. The van der Waals surface area contributed by atoms with Crippen LogP contribution in [-0.2, 0) is 19.6 Å². The minimum Gasteiger partial charge on any atom is -1.00 e. The molecule has 0 radical (unpaired) electrons. The maximum atomic E-state index is 5.06. The highest BCUT2D eigenvalue weighted by Crippen LogP contribution is 2.27. The van der Waals surface area contributed by atoms with Crippen LogP contribution in [0.15, 0.2) is 106 Å². The van der Waals surface area contributed by atoms with Crippen LogP contribution in [0.25, 0.3) is 0 Å². The number of nitrogens with zero attached hydrogens (tertiary/aromatic N) is 6. The van der Waals surface area contributed by atoms with Crippen molar-refractivity contribution in [1.82, 2.24) is 15.0 Å². The fourth-order valence-electron chi connectivity index (χ4n) is 6.95. The Kier molecular flexibility index (Phi) is 25.4. The predicted octanol–water partition coefficient (Wildman–Crippen LogP) is 0.330. The molecule has 0 aliphatic carbocycles. The Morgan fingerprint density at radius 3 is 0.796 bits per heavy atom. The van der Waals surface area contributed by atoms with Gasteiger partial charge in [-0.05, 0) is 41.5 Å². The van der Waals surface area contributed by atoms with Crippen molar-refractivity contribution < 1.29 is 64.4 Å². The second kappa shape index (κ2) is 26.9. The fraction of sp³-hybridized carbons (Fsp3) is 0.500. The molecule has 0 N–H and O–H groups in total. The summed E-state index contributed by atoms with van der Waals surface area (Å²) in [4.78, 5) is 15.2.